The molecule has 3 N–H and O–H groups in total. The Balaban J connectivity index is 2.55. The van der Waals surface area contributed by atoms with Gasteiger partial charge >= 0.3 is 0 Å². The van der Waals surface area contributed by atoms with Crippen LogP contribution in [0, 0.1) is 5.92 Å². The van der Waals surface area contributed by atoms with E-state index in [2.05, 4.69) is 31.3 Å². The molecule has 0 spiro atoms. The second-order valence-electron chi connectivity index (χ2n) is 6.03. The number of nitrogens with one attached hydrogen (secondary N) is 1. The van der Waals surface area contributed by atoms with Crippen molar-refractivity contribution >= 4 is 5.91 Å². The van der Waals surface area contributed by atoms with Gasteiger partial charge in [-0.2, -0.15) is 0 Å². The highest BCUT2D eigenvalue weighted by molar-refractivity contribution is 5.76. The van der Waals surface area contributed by atoms with Crippen LogP contribution in [0.5, 0.6) is 0 Å². The molecule has 0 heterocycles. The van der Waals surface area contributed by atoms with Crippen LogP contribution in [0.3, 0.4) is 0 Å². The number of benzene rings is 1. The Hall–Kier alpha value is -1.35. The van der Waals surface area contributed by atoms with Crippen LogP contribution >= 0.6 is 0 Å². The van der Waals surface area contributed by atoms with E-state index in [0.717, 1.165) is 19.3 Å². The largest absolute Gasteiger partial charge is 0.349 e. The van der Waals surface area contributed by atoms with Crippen LogP contribution in [0.4, 0.5) is 0 Å². The number of amides is 1. The Morgan fingerprint density at radius 2 is 1.85 bits per heavy atom. The van der Waals surface area contributed by atoms with Gasteiger partial charge in [0.1, 0.15) is 0 Å². The Morgan fingerprint density at radius 1 is 1.20 bits per heavy atom. The van der Waals surface area contributed by atoms with Crippen molar-refractivity contribution in [3.8, 4) is 0 Å². The second-order valence-corrected chi connectivity index (χ2v) is 6.03. The van der Waals surface area contributed by atoms with Crippen molar-refractivity contribution in [2.45, 2.75) is 58.5 Å². The summed E-state index contributed by atoms with van der Waals surface area (Å²) in [6, 6.07) is 10.5. The lowest BCUT2D eigenvalue weighted by molar-refractivity contribution is -0.122. The molecule has 0 aliphatic carbocycles. The van der Waals surface area contributed by atoms with Gasteiger partial charge in [0.2, 0.25) is 5.91 Å². The van der Waals surface area contributed by atoms with Crippen LogP contribution in [0.1, 0.15) is 58.1 Å². The van der Waals surface area contributed by atoms with E-state index < -0.39 is 0 Å². The number of carbonyl (C=O) groups excluding carboxylic acids is 1. The lowest BCUT2D eigenvalue weighted by Gasteiger charge is -2.21. The van der Waals surface area contributed by atoms with Gasteiger partial charge in [-0.05, 0) is 37.7 Å². The molecule has 3 heteroatoms. The smallest absolute Gasteiger partial charge is 0.220 e. The highest BCUT2D eigenvalue weighted by Crippen LogP contribution is 2.21. The summed E-state index contributed by atoms with van der Waals surface area (Å²) in [5.74, 6) is 0.671. The first-order valence-corrected chi connectivity index (χ1v) is 7.59. The minimum absolute atomic E-state index is 0.110. The van der Waals surface area contributed by atoms with Gasteiger partial charge in [-0.25, -0.2) is 0 Å². The molecule has 0 saturated heterocycles. The summed E-state index contributed by atoms with van der Waals surface area (Å²) in [4.78, 5) is 12.0. The molecule has 20 heavy (non-hydrogen) atoms. The first kappa shape index (κ1) is 16.7. The van der Waals surface area contributed by atoms with Crippen LogP contribution < -0.4 is 11.1 Å². The van der Waals surface area contributed by atoms with Gasteiger partial charge < -0.3 is 11.1 Å². The maximum absolute atomic E-state index is 12.0. The van der Waals surface area contributed by atoms with Crippen LogP contribution in [0.2, 0.25) is 0 Å². The highest BCUT2D eigenvalue weighted by atomic mass is 16.1. The van der Waals surface area contributed by atoms with Crippen molar-refractivity contribution in [1.29, 1.82) is 0 Å². The normalized spacial score (nSPS) is 14.1. The zero-order valence-electron chi connectivity index (χ0n) is 12.9. The molecule has 2 unspecified atom stereocenters. The van der Waals surface area contributed by atoms with Crippen molar-refractivity contribution in [3.63, 3.8) is 0 Å². The van der Waals surface area contributed by atoms with Crippen molar-refractivity contribution in [2.75, 3.05) is 0 Å². The predicted octanol–water partition coefficient (Wildman–Crippen LogP) is 3.41. The second kappa shape index (κ2) is 8.75. The fourth-order valence-electron chi connectivity index (χ4n) is 2.29. The van der Waals surface area contributed by atoms with E-state index in [4.69, 9.17) is 5.73 Å². The molecule has 0 bridgehead atoms. The average molecular weight is 276 g/mol. The molecule has 0 aromatic heterocycles. The lowest BCUT2D eigenvalue weighted by Crippen LogP contribution is -2.29. The summed E-state index contributed by atoms with van der Waals surface area (Å²) in [5, 5.41) is 3.16. The Kier molecular flexibility index (Phi) is 7.31. The van der Waals surface area contributed by atoms with E-state index in [0.29, 0.717) is 12.3 Å². The third-order valence-electron chi connectivity index (χ3n) is 3.31. The van der Waals surface area contributed by atoms with E-state index in [-0.39, 0.29) is 18.0 Å². The summed E-state index contributed by atoms with van der Waals surface area (Å²) in [6.07, 6.45) is 3.27. The van der Waals surface area contributed by atoms with Crippen LogP contribution in [-0.2, 0) is 4.79 Å². The number of hydrogen-bond acceptors (Lipinski definition) is 2. The topological polar surface area (TPSA) is 55.1 Å². The first-order chi connectivity index (χ1) is 9.49. The molecular formula is C17H28N2O. The van der Waals surface area contributed by atoms with Gasteiger partial charge in [0.05, 0.1) is 6.04 Å². The molecule has 1 amide bonds. The van der Waals surface area contributed by atoms with Crippen molar-refractivity contribution in [3.05, 3.63) is 35.9 Å². The molecule has 0 saturated carbocycles. The standard InChI is InChI=1S/C17H28N2O/c1-13(2)12-16(15-9-5-4-6-10-15)19-17(20)11-7-8-14(3)18/h4-6,9-10,13-14,16H,7-8,11-12,18H2,1-3H3,(H,19,20). The van der Waals surface area contributed by atoms with Gasteiger partial charge in [-0.15, -0.1) is 0 Å². The number of rotatable bonds is 8. The summed E-state index contributed by atoms with van der Waals surface area (Å²) in [6.45, 7) is 6.33. The van der Waals surface area contributed by atoms with E-state index in [1.54, 1.807) is 0 Å². The number of nitrogens with two attached hydrogens (primary N) is 1. The maximum atomic E-state index is 12.0. The SMILES string of the molecule is CC(C)CC(NC(=O)CCCC(C)N)c1ccccc1. The van der Waals surface area contributed by atoms with Crippen molar-refractivity contribution in [1.82, 2.24) is 5.32 Å². The lowest BCUT2D eigenvalue weighted by atomic mass is 9.97. The molecule has 0 radical (unpaired) electrons. The quantitative estimate of drug-likeness (QED) is 0.764. The van der Waals surface area contributed by atoms with Gasteiger partial charge in [-0.3, -0.25) is 4.79 Å². The molecular weight excluding hydrogens is 248 g/mol. The molecule has 1 rings (SSSR count). The monoisotopic (exact) mass is 276 g/mol. The van der Waals surface area contributed by atoms with E-state index in [1.807, 2.05) is 25.1 Å². The molecule has 0 aliphatic heterocycles. The van der Waals surface area contributed by atoms with Crippen LogP contribution in [-0.4, -0.2) is 11.9 Å². The van der Waals surface area contributed by atoms with Gasteiger partial charge in [0.15, 0.2) is 0 Å². The Labute approximate surface area is 122 Å². The summed E-state index contributed by atoms with van der Waals surface area (Å²) >= 11 is 0. The number of hydrogen-bond donors (Lipinski definition) is 2. The van der Waals surface area contributed by atoms with Gasteiger partial charge in [-0.1, -0.05) is 44.2 Å². The molecule has 1 aromatic carbocycles. The summed E-state index contributed by atoms with van der Waals surface area (Å²) in [5.41, 5.74) is 6.89. The minimum Gasteiger partial charge on any atom is -0.349 e. The summed E-state index contributed by atoms with van der Waals surface area (Å²) < 4.78 is 0. The minimum atomic E-state index is 0.110. The fraction of sp³-hybridized carbons (Fsp3) is 0.588. The Morgan fingerprint density at radius 3 is 2.40 bits per heavy atom. The van der Waals surface area contributed by atoms with Gasteiger partial charge in [0.25, 0.3) is 0 Å². The highest BCUT2D eigenvalue weighted by Gasteiger charge is 2.15. The summed E-state index contributed by atoms with van der Waals surface area (Å²) in [7, 11) is 0. The zero-order valence-corrected chi connectivity index (χ0v) is 12.9. The fourth-order valence-corrected chi connectivity index (χ4v) is 2.29. The van der Waals surface area contributed by atoms with E-state index >= 15 is 0 Å². The maximum Gasteiger partial charge on any atom is 0.220 e. The molecule has 112 valence electrons. The molecule has 2 atom stereocenters. The van der Waals surface area contributed by atoms with Crippen LogP contribution in [0.25, 0.3) is 0 Å². The molecule has 3 nitrogen and oxygen atoms in total. The number of carbonyl (C=O) groups is 1. The van der Waals surface area contributed by atoms with E-state index in [1.165, 1.54) is 5.56 Å². The average Bonchev–Trinajstić information content (AvgIpc) is 2.38. The third kappa shape index (κ3) is 6.71. The van der Waals surface area contributed by atoms with Crippen molar-refractivity contribution < 1.29 is 4.79 Å². The molecule has 1 aromatic rings. The van der Waals surface area contributed by atoms with E-state index in [9.17, 15) is 4.79 Å². The third-order valence-corrected chi connectivity index (χ3v) is 3.31. The molecule has 0 fully saturated rings. The Bertz CT molecular complexity index is 387. The zero-order chi connectivity index (χ0) is 15.0. The predicted molar refractivity (Wildman–Crippen MR) is 84.3 cm³/mol. The first-order valence-electron chi connectivity index (χ1n) is 7.59. The van der Waals surface area contributed by atoms with Crippen LogP contribution in [0.15, 0.2) is 30.3 Å². The molecule has 0 aliphatic rings. The van der Waals surface area contributed by atoms with Crippen molar-refractivity contribution in [2.24, 2.45) is 11.7 Å². The van der Waals surface area contributed by atoms with Gasteiger partial charge in [0, 0.05) is 12.5 Å².